The Labute approximate surface area is 197 Å². The zero-order valence-corrected chi connectivity index (χ0v) is 19.1. The Morgan fingerprint density at radius 1 is 1.00 bits per heavy atom. The third-order valence-electron chi connectivity index (χ3n) is 5.57. The highest BCUT2D eigenvalue weighted by atomic mass is 16.6. The fourth-order valence-corrected chi connectivity index (χ4v) is 3.75. The molecule has 2 aromatic heterocycles. The van der Waals surface area contributed by atoms with Crippen LogP contribution in [-0.4, -0.2) is 45.4 Å². The summed E-state index contributed by atoms with van der Waals surface area (Å²) in [4.78, 5) is 23.0. The van der Waals surface area contributed by atoms with Crippen molar-refractivity contribution < 1.29 is 14.2 Å². The Balaban J connectivity index is 1.45. The second kappa shape index (κ2) is 11.6. The molecule has 0 aliphatic carbocycles. The van der Waals surface area contributed by atoms with E-state index in [2.05, 4.69) is 15.0 Å². The molecule has 0 saturated carbocycles. The van der Waals surface area contributed by atoms with Crippen molar-refractivity contribution in [2.75, 3.05) is 19.5 Å². The predicted molar refractivity (Wildman–Crippen MR) is 129 cm³/mol. The number of aromatic nitrogens is 4. The molecule has 0 saturated heterocycles. The number of aromatic amines is 1. The normalized spacial score (nSPS) is 13.2. The SMILES string of the molecule is CO[C@H](COCc1ccccc1)[C@H](CCn1cnc2c(=O)[nH]c(N)nc21)OCc1ccccc1. The van der Waals surface area contributed by atoms with E-state index in [9.17, 15) is 4.79 Å². The number of hydrogen-bond acceptors (Lipinski definition) is 7. The smallest absolute Gasteiger partial charge is 0.280 e. The van der Waals surface area contributed by atoms with Gasteiger partial charge in [-0.15, -0.1) is 0 Å². The lowest BCUT2D eigenvalue weighted by Crippen LogP contribution is -2.35. The number of ether oxygens (including phenoxy) is 3. The number of nitrogens with two attached hydrogens (primary N) is 1. The fourth-order valence-electron chi connectivity index (χ4n) is 3.75. The lowest BCUT2D eigenvalue weighted by Gasteiger charge is -2.26. The number of benzene rings is 2. The number of nitrogens with one attached hydrogen (secondary N) is 1. The highest BCUT2D eigenvalue weighted by Gasteiger charge is 2.23. The summed E-state index contributed by atoms with van der Waals surface area (Å²) < 4.78 is 19.8. The zero-order chi connectivity index (χ0) is 23.8. The lowest BCUT2D eigenvalue weighted by atomic mass is 10.1. The molecule has 0 bridgehead atoms. The van der Waals surface area contributed by atoms with Gasteiger partial charge in [0.25, 0.3) is 5.56 Å². The molecule has 0 unspecified atom stereocenters. The van der Waals surface area contributed by atoms with Crippen LogP contribution in [0.2, 0.25) is 0 Å². The van der Waals surface area contributed by atoms with E-state index in [0.717, 1.165) is 11.1 Å². The van der Waals surface area contributed by atoms with Crippen LogP contribution in [-0.2, 0) is 34.0 Å². The molecule has 34 heavy (non-hydrogen) atoms. The third kappa shape index (κ3) is 6.07. The molecule has 3 N–H and O–H groups in total. The quantitative estimate of drug-likeness (QED) is 0.332. The van der Waals surface area contributed by atoms with Crippen LogP contribution >= 0.6 is 0 Å². The third-order valence-corrected chi connectivity index (χ3v) is 5.57. The van der Waals surface area contributed by atoms with Gasteiger partial charge in [-0.25, -0.2) is 4.98 Å². The summed E-state index contributed by atoms with van der Waals surface area (Å²) in [5.74, 6) is 0.0557. The number of anilines is 1. The Morgan fingerprint density at radius 2 is 1.68 bits per heavy atom. The van der Waals surface area contributed by atoms with E-state index in [-0.39, 0.29) is 29.2 Å². The minimum Gasteiger partial charge on any atom is -0.376 e. The van der Waals surface area contributed by atoms with Gasteiger partial charge in [-0.1, -0.05) is 60.7 Å². The molecule has 4 rings (SSSR count). The predicted octanol–water partition coefficient (Wildman–Crippen LogP) is 2.91. The van der Waals surface area contributed by atoms with E-state index in [1.54, 1.807) is 18.0 Å². The molecule has 4 aromatic rings. The van der Waals surface area contributed by atoms with Crippen molar-refractivity contribution in [3.63, 3.8) is 0 Å². The van der Waals surface area contributed by atoms with Gasteiger partial charge < -0.3 is 24.5 Å². The number of methoxy groups -OCH3 is 1. The maximum atomic E-state index is 12.1. The van der Waals surface area contributed by atoms with Gasteiger partial charge >= 0.3 is 0 Å². The summed E-state index contributed by atoms with van der Waals surface area (Å²) in [5, 5.41) is 0. The van der Waals surface area contributed by atoms with Crippen LogP contribution in [0.4, 0.5) is 5.95 Å². The van der Waals surface area contributed by atoms with Crippen molar-refractivity contribution in [3.05, 3.63) is 88.5 Å². The first-order valence-corrected chi connectivity index (χ1v) is 11.1. The molecule has 2 aromatic carbocycles. The topological polar surface area (TPSA) is 117 Å². The number of nitrogens with zero attached hydrogens (tertiary/aromatic N) is 3. The molecule has 0 amide bonds. The Kier molecular flexibility index (Phi) is 8.03. The first kappa shape index (κ1) is 23.6. The second-order valence-corrected chi connectivity index (χ2v) is 7.96. The van der Waals surface area contributed by atoms with Crippen molar-refractivity contribution in [2.45, 2.75) is 38.4 Å². The van der Waals surface area contributed by atoms with Gasteiger partial charge in [0.15, 0.2) is 11.2 Å². The Morgan fingerprint density at radius 3 is 2.35 bits per heavy atom. The van der Waals surface area contributed by atoms with Crippen molar-refractivity contribution in [2.24, 2.45) is 0 Å². The van der Waals surface area contributed by atoms with E-state index in [1.807, 2.05) is 60.7 Å². The minimum absolute atomic E-state index is 0.0557. The van der Waals surface area contributed by atoms with Crippen LogP contribution in [0.5, 0.6) is 0 Å². The van der Waals surface area contributed by atoms with E-state index < -0.39 is 0 Å². The molecule has 9 nitrogen and oxygen atoms in total. The molecule has 0 aliphatic rings. The standard InChI is InChI=1S/C25H29N5O4/c1-32-21(16-33-14-18-8-4-2-5-9-18)20(34-15-19-10-6-3-7-11-19)12-13-30-17-27-22-23(30)28-25(26)29-24(22)31/h2-11,17,20-21H,12-16H2,1H3,(H3,26,28,29,31)/t20-,21+/m0/s1. The molecular weight excluding hydrogens is 434 g/mol. The number of hydrogen-bond donors (Lipinski definition) is 2. The van der Waals surface area contributed by atoms with E-state index >= 15 is 0 Å². The van der Waals surface area contributed by atoms with E-state index in [0.29, 0.717) is 38.4 Å². The molecule has 9 heteroatoms. The number of aryl methyl sites for hydroxylation is 1. The molecular formula is C25H29N5O4. The van der Waals surface area contributed by atoms with Gasteiger partial charge in [0, 0.05) is 13.7 Å². The van der Waals surface area contributed by atoms with Gasteiger partial charge in [0.2, 0.25) is 5.95 Å². The maximum absolute atomic E-state index is 12.1. The van der Waals surface area contributed by atoms with Gasteiger partial charge in [-0.05, 0) is 17.5 Å². The van der Waals surface area contributed by atoms with Crippen LogP contribution in [0.15, 0.2) is 71.8 Å². The number of rotatable bonds is 12. The van der Waals surface area contributed by atoms with Gasteiger partial charge in [-0.3, -0.25) is 9.78 Å². The summed E-state index contributed by atoms with van der Waals surface area (Å²) in [6, 6.07) is 20.0. The molecule has 0 spiro atoms. The monoisotopic (exact) mass is 463 g/mol. The largest absolute Gasteiger partial charge is 0.376 e. The van der Waals surface area contributed by atoms with Crippen LogP contribution in [0, 0.1) is 0 Å². The minimum atomic E-state index is -0.359. The highest BCUT2D eigenvalue weighted by molar-refractivity contribution is 5.70. The molecule has 2 atom stereocenters. The summed E-state index contributed by atoms with van der Waals surface area (Å²) >= 11 is 0. The van der Waals surface area contributed by atoms with Crippen LogP contribution in [0.1, 0.15) is 17.5 Å². The average molecular weight is 464 g/mol. The van der Waals surface area contributed by atoms with Gasteiger partial charge in [0.1, 0.15) is 6.10 Å². The first-order chi connectivity index (χ1) is 16.6. The highest BCUT2D eigenvalue weighted by Crippen LogP contribution is 2.16. The van der Waals surface area contributed by atoms with Crippen molar-refractivity contribution >= 4 is 17.1 Å². The average Bonchev–Trinajstić information content (AvgIpc) is 3.27. The summed E-state index contributed by atoms with van der Waals surface area (Å²) in [6.07, 6.45) is 1.63. The molecule has 178 valence electrons. The lowest BCUT2D eigenvalue weighted by molar-refractivity contribution is -0.101. The number of H-pyrrole nitrogens is 1. The second-order valence-electron chi connectivity index (χ2n) is 7.96. The number of imidazole rings is 1. The fraction of sp³-hybridized carbons (Fsp3) is 0.320. The van der Waals surface area contributed by atoms with Gasteiger partial charge in [-0.2, -0.15) is 4.98 Å². The van der Waals surface area contributed by atoms with E-state index in [4.69, 9.17) is 19.9 Å². The van der Waals surface area contributed by atoms with Crippen molar-refractivity contribution in [1.82, 2.24) is 19.5 Å². The number of fused-ring (bicyclic) bond motifs is 1. The molecule has 0 radical (unpaired) electrons. The van der Waals surface area contributed by atoms with Crippen LogP contribution in [0.3, 0.4) is 0 Å². The van der Waals surface area contributed by atoms with Crippen molar-refractivity contribution in [1.29, 1.82) is 0 Å². The molecule has 0 fully saturated rings. The van der Waals surface area contributed by atoms with Gasteiger partial charge in [0.05, 0.1) is 32.3 Å². The maximum Gasteiger partial charge on any atom is 0.280 e. The summed E-state index contributed by atoms with van der Waals surface area (Å²) in [5.41, 5.74) is 8.23. The van der Waals surface area contributed by atoms with E-state index in [1.165, 1.54) is 0 Å². The Bertz CT molecular complexity index is 1230. The van der Waals surface area contributed by atoms with Crippen LogP contribution in [0.25, 0.3) is 11.2 Å². The van der Waals surface area contributed by atoms with Crippen molar-refractivity contribution in [3.8, 4) is 0 Å². The summed E-state index contributed by atoms with van der Waals surface area (Å²) in [6.45, 7) is 1.83. The molecule has 2 heterocycles. The molecule has 0 aliphatic heterocycles. The number of nitrogen functional groups attached to an aromatic ring is 1. The summed E-state index contributed by atoms with van der Waals surface area (Å²) in [7, 11) is 1.66. The van der Waals surface area contributed by atoms with Crippen LogP contribution < -0.4 is 11.3 Å². The Hall–Kier alpha value is -3.53. The zero-order valence-electron chi connectivity index (χ0n) is 19.1. The first-order valence-electron chi connectivity index (χ1n) is 11.1.